The number of rotatable bonds is 5. The van der Waals surface area contributed by atoms with Gasteiger partial charge in [0.05, 0.1) is 0 Å². The zero-order valence-corrected chi connectivity index (χ0v) is 14.9. The van der Waals surface area contributed by atoms with Crippen molar-refractivity contribution in [2.45, 2.75) is 73.8 Å². The number of carbonyl (C=O) groups excluding carboxylic acids is 1. The molecule has 23 heavy (non-hydrogen) atoms. The van der Waals surface area contributed by atoms with Crippen molar-refractivity contribution >= 4 is 17.7 Å². The van der Waals surface area contributed by atoms with Crippen LogP contribution in [0.4, 0.5) is 0 Å². The third kappa shape index (κ3) is 4.10. The summed E-state index contributed by atoms with van der Waals surface area (Å²) in [4.78, 5) is 16.2. The minimum atomic E-state index is -0.101. The molecule has 4 heteroatoms. The molecule has 1 aromatic carbocycles. The van der Waals surface area contributed by atoms with E-state index in [9.17, 15) is 4.79 Å². The molecule has 3 nitrogen and oxygen atoms in total. The van der Waals surface area contributed by atoms with E-state index in [1.807, 2.05) is 18.2 Å². The quantitative estimate of drug-likeness (QED) is 0.599. The summed E-state index contributed by atoms with van der Waals surface area (Å²) < 4.78 is 5.91. The number of nitrogens with zero attached hydrogens (tertiary/aromatic N) is 1. The Balaban J connectivity index is 1.57. The van der Waals surface area contributed by atoms with Crippen molar-refractivity contribution in [3.8, 4) is 0 Å². The van der Waals surface area contributed by atoms with E-state index in [1.165, 1.54) is 12.8 Å². The number of benzene rings is 1. The zero-order valence-electron chi connectivity index (χ0n) is 14.1. The Bertz CT molecular complexity index is 521. The summed E-state index contributed by atoms with van der Waals surface area (Å²) in [5.74, 6) is -0.0354. The summed E-state index contributed by atoms with van der Waals surface area (Å²) in [6.45, 7) is 2.06. The summed E-state index contributed by atoms with van der Waals surface area (Å²) >= 11 is 1.62. The molecule has 0 aromatic heterocycles. The Morgan fingerprint density at radius 3 is 2.65 bits per heavy atom. The van der Waals surface area contributed by atoms with E-state index < -0.39 is 0 Å². The van der Waals surface area contributed by atoms with Gasteiger partial charge in [0.2, 0.25) is 0 Å². The van der Waals surface area contributed by atoms with Crippen LogP contribution >= 0.6 is 11.8 Å². The van der Waals surface area contributed by atoms with Crippen molar-refractivity contribution < 1.29 is 9.53 Å². The molecule has 2 fully saturated rings. The molecule has 0 radical (unpaired) electrons. The van der Waals surface area contributed by atoms with E-state index in [2.05, 4.69) is 31.0 Å². The van der Waals surface area contributed by atoms with Crippen LogP contribution in [0.15, 0.2) is 35.2 Å². The van der Waals surface area contributed by atoms with Gasteiger partial charge in [-0.1, -0.05) is 25.1 Å². The molecule has 4 unspecified atom stereocenters. The molecular weight excluding hydrogens is 306 g/mol. The molecule has 2 aliphatic rings. The maximum Gasteiger partial charge on any atom is 0.319 e. The highest BCUT2D eigenvalue weighted by Gasteiger charge is 2.37. The Hall–Kier alpha value is -1.00. The van der Waals surface area contributed by atoms with E-state index in [-0.39, 0.29) is 17.3 Å². The van der Waals surface area contributed by atoms with Crippen LogP contribution in [-0.2, 0) is 9.53 Å². The number of fused-ring (bicyclic) bond motifs is 2. The van der Waals surface area contributed by atoms with Gasteiger partial charge in [0.15, 0.2) is 0 Å². The first kappa shape index (κ1) is 16.8. The van der Waals surface area contributed by atoms with Crippen molar-refractivity contribution in [1.29, 1.82) is 0 Å². The fraction of sp³-hybridized carbons (Fsp3) is 0.632. The molecule has 0 spiro atoms. The predicted molar refractivity (Wildman–Crippen MR) is 94.7 cm³/mol. The van der Waals surface area contributed by atoms with Gasteiger partial charge in [0.25, 0.3) is 0 Å². The molecule has 0 amide bonds. The lowest BCUT2D eigenvalue weighted by atomic mass is 9.98. The van der Waals surface area contributed by atoms with Crippen LogP contribution in [0.5, 0.6) is 0 Å². The predicted octanol–water partition coefficient (Wildman–Crippen LogP) is 4.12. The average molecular weight is 333 g/mol. The number of hydrogen-bond donors (Lipinski definition) is 0. The van der Waals surface area contributed by atoms with Gasteiger partial charge in [-0.25, -0.2) is 0 Å². The van der Waals surface area contributed by atoms with Gasteiger partial charge in [0, 0.05) is 17.0 Å². The smallest absolute Gasteiger partial charge is 0.319 e. The van der Waals surface area contributed by atoms with E-state index in [1.54, 1.807) is 11.8 Å². The Labute approximate surface area is 143 Å². The number of esters is 1. The molecule has 3 rings (SSSR count). The monoisotopic (exact) mass is 333 g/mol. The largest absolute Gasteiger partial charge is 0.461 e. The topological polar surface area (TPSA) is 29.5 Å². The van der Waals surface area contributed by atoms with Crippen LogP contribution in [0, 0.1) is 0 Å². The van der Waals surface area contributed by atoms with Crippen molar-refractivity contribution in [2.75, 3.05) is 7.05 Å². The minimum absolute atomic E-state index is 0.0354. The summed E-state index contributed by atoms with van der Waals surface area (Å²) in [5.41, 5.74) is 0. The van der Waals surface area contributed by atoms with Crippen molar-refractivity contribution in [2.24, 2.45) is 0 Å². The third-order valence-electron chi connectivity index (χ3n) is 5.28. The Morgan fingerprint density at radius 2 is 1.91 bits per heavy atom. The van der Waals surface area contributed by atoms with Gasteiger partial charge in [-0.3, -0.25) is 4.79 Å². The van der Waals surface area contributed by atoms with E-state index in [4.69, 9.17) is 4.74 Å². The van der Waals surface area contributed by atoms with Crippen molar-refractivity contribution in [3.05, 3.63) is 30.3 Å². The lowest BCUT2D eigenvalue weighted by molar-refractivity contribution is -0.149. The first-order chi connectivity index (χ1) is 11.2. The number of hydrogen-bond acceptors (Lipinski definition) is 4. The molecule has 2 aliphatic heterocycles. The van der Waals surface area contributed by atoms with Crippen LogP contribution in [0.1, 0.15) is 45.4 Å². The second-order valence-corrected chi connectivity index (χ2v) is 8.03. The van der Waals surface area contributed by atoms with Gasteiger partial charge >= 0.3 is 5.97 Å². The third-order valence-corrected chi connectivity index (χ3v) is 6.63. The lowest BCUT2D eigenvalue weighted by Crippen LogP contribution is -2.32. The summed E-state index contributed by atoms with van der Waals surface area (Å²) in [6, 6.07) is 11.4. The summed E-state index contributed by atoms with van der Waals surface area (Å²) in [6.07, 6.45) is 6.65. The van der Waals surface area contributed by atoms with Crippen molar-refractivity contribution in [3.63, 3.8) is 0 Å². The highest BCUT2D eigenvalue weighted by atomic mass is 32.2. The van der Waals surface area contributed by atoms with Gasteiger partial charge in [-0.15, -0.1) is 11.8 Å². The maximum absolute atomic E-state index is 12.6. The van der Waals surface area contributed by atoms with Crippen LogP contribution in [0.3, 0.4) is 0 Å². The van der Waals surface area contributed by atoms with Gasteiger partial charge < -0.3 is 9.64 Å². The zero-order chi connectivity index (χ0) is 16.2. The van der Waals surface area contributed by atoms with Crippen LogP contribution in [-0.4, -0.2) is 41.4 Å². The Morgan fingerprint density at radius 1 is 1.22 bits per heavy atom. The average Bonchev–Trinajstić information content (AvgIpc) is 2.81. The normalized spacial score (nSPS) is 29.0. The molecule has 0 aliphatic carbocycles. The molecule has 1 aromatic rings. The SMILES string of the molecule is CCC(Sc1ccccc1)C(=O)OC1CCC2CCC(C1)N2C. The fourth-order valence-electron chi connectivity index (χ4n) is 3.83. The molecular formula is C19H27NO2S. The van der Waals surface area contributed by atoms with E-state index in [0.29, 0.717) is 12.1 Å². The minimum Gasteiger partial charge on any atom is -0.461 e. The van der Waals surface area contributed by atoms with Gasteiger partial charge in [-0.2, -0.15) is 0 Å². The molecule has 2 saturated heterocycles. The molecule has 0 N–H and O–H groups in total. The number of carbonyl (C=O) groups is 1. The highest BCUT2D eigenvalue weighted by molar-refractivity contribution is 8.00. The van der Waals surface area contributed by atoms with Gasteiger partial charge in [-0.05, 0) is 57.7 Å². The molecule has 126 valence electrons. The number of thioether (sulfide) groups is 1. The lowest BCUT2D eigenvalue weighted by Gasteiger charge is -2.24. The maximum atomic E-state index is 12.6. The molecule has 0 saturated carbocycles. The summed E-state index contributed by atoms with van der Waals surface area (Å²) in [5, 5.41) is -0.101. The number of ether oxygens (including phenoxy) is 1. The van der Waals surface area contributed by atoms with Crippen molar-refractivity contribution in [1.82, 2.24) is 4.90 Å². The fourth-order valence-corrected chi connectivity index (χ4v) is 4.79. The highest BCUT2D eigenvalue weighted by Crippen LogP contribution is 2.34. The summed E-state index contributed by atoms with van der Waals surface area (Å²) in [7, 11) is 2.23. The standard InChI is InChI=1S/C19H27NO2S/c1-3-18(23-17-7-5-4-6-8-17)19(21)22-16-12-11-14-9-10-15(13-16)20(14)2/h4-8,14-16,18H,3,9-13H2,1-2H3. The Kier molecular flexibility index (Phi) is 5.65. The first-order valence-electron chi connectivity index (χ1n) is 8.81. The van der Waals surface area contributed by atoms with Gasteiger partial charge in [0.1, 0.15) is 11.4 Å². The molecule has 2 heterocycles. The van der Waals surface area contributed by atoms with Crippen LogP contribution in [0.25, 0.3) is 0 Å². The molecule has 2 bridgehead atoms. The second kappa shape index (κ2) is 7.71. The van der Waals surface area contributed by atoms with Crippen LogP contribution < -0.4 is 0 Å². The second-order valence-electron chi connectivity index (χ2n) is 6.75. The van der Waals surface area contributed by atoms with E-state index >= 15 is 0 Å². The molecule has 4 atom stereocenters. The van der Waals surface area contributed by atoms with E-state index in [0.717, 1.165) is 30.6 Å². The van der Waals surface area contributed by atoms with Crippen LogP contribution in [0.2, 0.25) is 0 Å². The first-order valence-corrected chi connectivity index (χ1v) is 9.69.